The second-order valence-electron chi connectivity index (χ2n) is 13.6. The molecule has 7 heteroatoms. The van der Waals surface area contributed by atoms with Crippen LogP contribution < -0.4 is 0 Å². The van der Waals surface area contributed by atoms with Crippen LogP contribution in [0.1, 0.15) is 0 Å². The Balaban J connectivity index is 1.15. The topological polar surface area (TPSA) is 64.5 Å². The summed E-state index contributed by atoms with van der Waals surface area (Å²) < 4.78 is 4.57. The van der Waals surface area contributed by atoms with E-state index < -0.39 is 0 Å². The molecule has 11 rings (SSSR count). The van der Waals surface area contributed by atoms with Gasteiger partial charge >= 0.3 is 0 Å². The standard InChI is InChI=1S/C49H29N5S2/c1-4-14-30(15-5-1)31-26-28-32(29-27-31)43-45-44(35-20-10-11-23-38(35)56-45)51-48(50-43)36-21-12-24-39-41(36)42-37(22-13-25-40(42)55-39)49-53-46(33-16-6-2-7-17-33)52-47(54-49)34-18-8-3-9-19-34/h1-29H. The lowest BCUT2D eigenvalue weighted by atomic mass is 10.00. The van der Waals surface area contributed by atoms with Crippen molar-refractivity contribution >= 4 is 63.1 Å². The minimum absolute atomic E-state index is 0.622. The second kappa shape index (κ2) is 13.4. The van der Waals surface area contributed by atoms with Crippen LogP contribution in [0.4, 0.5) is 0 Å². The van der Waals surface area contributed by atoms with E-state index in [0.29, 0.717) is 23.3 Å². The van der Waals surface area contributed by atoms with Crippen LogP contribution in [0.15, 0.2) is 176 Å². The van der Waals surface area contributed by atoms with E-state index in [4.69, 9.17) is 24.9 Å². The number of benzene rings is 7. The van der Waals surface area contributed by atoms with Gasteiger partial charge in [-0.15, -0.1) is 22.7 Å². The SMILES string of the molecule is c1ccc(-c2ccc(-c3nc(-c4cccc5sc6cccc(-c7nc(-c8ccccc8)nc(-c8ccccc8)n7)c6c45)nc4c3sc3ccccc34)cc2)cc1. The monoisotopic (exact) mass is 751 g/mol. The minimum Gasteiger partial charge on any atom is -0.226 e. The van der Waals surface area contributed by atoms with E-state index in [2.05, 4.69) is 109 Å². The number of fused-ring (bicyclic) bond motifs is 6. The predicted octanol–water partition coefficient (Wildman–Crippen LogP) is 13.4. The number of rotatable bonds is 6. The smallest absolute Gasteiger partial charge is 0.164 e. The van der Waals surface area contributed by atoms with Crippen molar-refractivity contribution in [3.63, 3.8) is 0 Å². The number of nitrogens with zero attached hydrogens (tertiary/aromatic N) is 5. The molecule has 0 spiro atoms. The molecule has 262 valence electrons. The Morgan fingerprint density at radius 2 is 0.768 bits per heavy atom. The molecule has 4 heterocycles. The molecule has 0 aliphatic heterocycles. The van der Waals surface area contributed by atoms with Crippen LogP contribution in [-0.4, -0.2) is 24.9 Å². The third-order valence-corrected chi connectivity index (χ3v) is 12.5. The van der Waals surface area contributed by atoms with Crippen LogP contribution in [0.5, 0.6) is 0 Å². The summed E-state index contributed by atoms with van der Waals surface area (Å²) in [5, 5.41) is 3.31. The lowest BCUT2D eigenvalue weighted by Crippen LogP contribution is -2.00. The van der Waals surface area contributed by atoms with Crippen molar-refractivity contribution in [2.75, 3.05) is 0 Å². The highest BCUT2D eigenvalue weighted by Crippen LogP contribution is 2.45. The van der Waals surface area contributed by atoms with Crippen molar-refractivity contribution in [1.29, 1.82) is 0 Å². The maximum atomic E-state index is 5.45. The van der Waals surface area contributed by atoms with E-state index in [1.807, 2.05) is 66.7 Å². The van der Waals surface area contributed by atoms with Gasteiger partial charge in [-0.3, -0.25) is 0 Å². The molecule has 0 radical (unpaired) electrons. The van der Waals surface area contributed by atoms with Gasteiger partial charge in [0, 0.05) is 58.1 Å². The van der Waals surface area contributed by atoms with Gasteiger partial charge in [-0.05, 0) is 29.3 Å². The second-order valence-corrected chi connectivity index (χ2v) is 15.7. The molecule has 56 heavy (non-hydrogen) atoms. The molecular weight excluding hydrogens is 723 g/mol. The quantitative estimate of drug-likeness (QED) is 0.169. The van der Waals surface area contributed by atoms with Crippen molar-refractivity contribution in [2.24, 2.45) is 0 Å². The largest absolute Gasteiger partial charge is 0.226 e. The van der Waals surface area contributed by atoms with Gasteiger partial charge < -0.3 is 0 Å². The van der Waals surface area contributed by atoms with Gasteiger partial charge in [-0.25, -0.2) is 24.9 Å². The summed E-state index contributed by atoms with van der Waals surface area (Å²) in [4.78, 5) is 26.1. The third-order valence-electron chi connectivity index (χ3n) is 10.2. The zero-order chi connectivity index (χ0) is 37.0. The van der Waals surface area contributed by atoms with Crippen LogP contribution in [0.25, 0.3) is 108 Å². The molecule has 0 N–H and O–H groups in total. The fourth-order valence-electron chi connectivity index (χ4n) is 7.53. The molecule has 0 unspecified atom stereocenters. The Labute approximate surface area is 330 Å². The lowest BCUT2D eigenvalue weighted by Gasteiger charge is -2.11. The molecule has 5 nitrogen and oxygen atoms in total. The zero-order valence-electron chi connectivity index (χ0n) is 29.8. The van der Waals surface area contributed by atoms with Crippen LogP contribution in [-0.2, 0) is 0 Å². The van der Waals surface area contributed by atoms with Gasteiger partial charge in [-0.2, -0.15) is 0 Å². The lowest BCUT2D eigenvalue weighted by molar-refractivity contribution is 1.08. The molecule has 11 aromatic rings. The van der Waals surface area contributed by atoms with E-state index in [-0.39, 0.29) is 0 Å². The zero-order valence-corrected chi connectivity index (χ0v) is 31.4. The summed E-state index contributed by atoms with van der Waals surface area (Å²) in [5.41, 5.74) is 9.09. The molecule has 0 saturated carbocycles. The summed E-state index contributed by atoms with van der Waals surface area (Å²) in [6.45, 7) is 0. The van der Waals surface area contributed by atoms with Gasteiger partial charge in [-0.1, -0.05) is 158 Å². The molecular formula is C49H29N5S2. The Kier molecular flexibility index (Phi) is 7.79. The molecule has 0 amide bonds. The Morgan fingerprint density at radius 3 is 1.38 bits per heavy atom. The van der Waals surface area contributed by atoms with Crippen LogP contribution in [0.2, 0.25) is 0 Å². The fraction of sp³-hybridized carbons (Fsp3) is 0. The fourth-order valence-corrected chi connectivity index (χ4v) is 9.84. The highest BCUT2D eigenvalue weighted by molar-refractivity contribution is 7.26. The summed E-state index contributed by atoms with van der Waals surface area (Å²) in [6.07, 6.45) is 0. The Morgan fingerprint density at radius 1 is 0.304 bits per heavy atom. The van der Waals surface area contributed by atoms with Gasteiger partial charge in [0.15, 0.2) is 23.3 Å². The summed E-state index contributed by atoms with van der Waals surface area (Å²) in [6, 6.07) is 60.9. The minimum atomic E-state index is 0.622. The molecule has 0 saturated heterocycles. The van der Waals surface area contributed by atoms with Crippen molar-refractivity contribution in [1.82, 2.24) is 24.9 Å². The first-order valence-electron chi connectivity index (χ1n) is 18.4. The molecule has 7 aromatic carbocycles. The van der Waals surface area contributed by atoms with E-state index in [1.165, 1.54) is 15.8 Å². The Hall–Kier alpha value is -6.93. The van der Waals surface area contributed by atoms with E-state index in [0.717, 1.165) is 69.3 Å². The molecule has 0 bridgehead atoms. The average molecular weight is 752 g/mol. The molecule has 0 aliphatic carbocycles. The molecule has 0 aliphatic rings. The Bertz CT molecular complexity index is 3170. The highest BCUT2D eigenvalue weighted by Gasteiger charge is 2.22. The van der Waals surface area contributed by atoms with E-state index >= 15 is 0 Å². The van der Waals surface area contributed by atoms with Crippen LogP contribution in [0, 0.1) is 0 Å². The van der Waals surface area contributed by atoms with E-state index in [1.54, 1.807) is 22.7 Å². The van der Waals surface area contributed by atoms with Crippen molar-refractivity contribution < 1.29 is 0 Å². The van der Waals surface area contributed by atoms with Crippen LogP contribution >= 0.6 is 22.7 Å². The number of aromatic nitrogens is 5. The number of hydrogen-bond donors (Lipinski definition) is 0. The number of thiophene rings is 2. The van der Waals surface area contributed by atoms with Gasteiger partial charge in [0.25, 0.3) is 0 Å². The van der Waals surface area contributed by atoms with Gasteiger partial charge in [0.1, 0.15) is 0 Å². The maximum absolute atomic E-state index is 5.45. The van der Waals surface area contributed by atoms with Crippen LogP contribution in [0.3, 0.4) is 0 Å². The van der Waals surface area contributed by atoms with Crippen molar-refractivity contribution in [2.45, 2.75) is 0 Å². The summed E-state index contributed by atoms with van der Waals surface area (Å²) >= 11 is 3.51. The first-order chi connectivity index (χ1) is 27.7. The number of hydrogen-bond acceptors (Lipinski definition) is 7. The van der Waals surface area contributed by atoms with Gasteiger partial charge in [0.2, 0.25) is 0 Å². The summed E-state index contributed by atoms with van der Waals surface area (Å²) in [5.74, 6) is 2.57. The van der Waals surface area contributed by atoms with Crippen molar-refractivity contribution in [3.05, 3.63) is 176 Å². The molecule has 0 atom stereocenters. The first kappa shape index (κ1) is 32.5. The molecule has 0 fully saturated rings. The average Bonchev–Trinajstić information content (AvgIpc) is 3.86. The highest BCUT2D eigenvalue weighted by atomic mass is 32.1. The maximum Gasteiger partial charge on any atom is 0.164 e. The first-order valence-corrected chi connectivity index (χ1v) is 20.1. The van der Waals surface area contributed by atoms with Crippen molar-refractivity contribution in [3.8, 4) is 67.9 Å². The third kappa shape index (κ3) is 5.56. The summed E-state index contributed by atoms with van der Waals surface area (Å²) in [7, 11) is 0. The normalized spacial score (nSPS) is 11.6. The van der Waals surface area contributed by atoms with Gasteiger partial charge in [0.05, 0.1) is 15.9 Å². The van der Waals surface area contributed by atoms with E-state index in [9.17, 15) is 0 Å². The molecule has 4 aromatic heterocycles. The predicted molar refractivity (Wildman–Crippen MR) is 234 cm³/mol.